The van der Waals surface area contributed by atoms with E-state index in [1.807, 2.05) is 0 Å². The molecule has 5 nitrogen and oxygen atoms in total. The minimum atomic E-state index is -0.134. The number of rotatable bonds is 0. The van der Waals surface area contributed by atoms with E-state index in [1.165, 1.54) is 16.9 Å². The highest BCUT2D eigenvalue weighted by molar-refractivity contribution is 5.25. The van der Waals surface area contributed by atoms with Crippen molar-refractivity contribution in [2.45, 2.75) is 14.4 Å². The van der Waals surface area contributed by atoms with Gasteiger partial charge in [0.1, 0.15) is 6.33 Å². The Morgan fingerprint density at radius 1 is 1.58 bits per heavy atom. The van der Waals surface area contributed by atoms with Crippen molar-refractivity contribution in [3.8, 4) is 0 Å². The van der Waals surface area contributed by atoms with Crippen LogP contribution in [0.2, 0.25) is 0 Å². The number of aryl methyl sites for hydroxylation is 1. The summed E-state index contributed by atoms with van der Waals surface area (Å²) < 4.78 is 1.28. The molecule has 0 aliphatic heterocycles. The first kappa shape index (κ1) is 8.45. The summed E-state index contributed by atoms with van der Waals surface area (Å²) in [6, 6.07) is 1.45. The zero-order valence-electron chi connectivity index (χ0n) is 5.90. The van der Waals surface area contributed by atoms with E-state index >= 15 is 0 Å². The fourth-order valence-corrected chi connectivity index (χ4v) is 0.934. The monoisotopic (exact) mass is 166 g/mol. The van der Waals surface area contributed by atoms with Crippen LogP contribution in [-0.4, -0.2) is 19.6 Å². The molecule has 0 atom stereocenters. The molecule has 0 bridgehead atoms. The van der Waals surface area contributed by atoms with Crippen LogP contribution in [0.3, 0.4) is 0 Å². The molecule has 2 rings (SSSR count). The second-order valence-corrected chi connectivity index (χ2v) is 2.26. The molecule has 0 saturated carbocycles. The van der Waals surface area contributed by atoms with E-state index in [-0.39, 0.29) is 13.0 Å². The van der Waals surface area contributed by atoms with E-state index in [0.717, 1.165) is 0 Å². The van der Waals surface area contributed by atoms with E-state index in [0.29, 0.717) is 11.5 Å². The van der Waals surface area contributed by atoms with E-state index in [4.69, 9.17) is 0 Å². The maximum Gasteiger partial charge on any atom is 0.274 e. The van der Waals surface area contributed by atoms with Gasteiger partial charge in [-0.1, -0.05) is 7.43 Å². The molecule has 12 heavy (non-hydrogen) atoms. The van der Waals surface area contributed by atoms with Gasteiger partial charge in [-0.2, -0.15) is 4.52 Å². The largest absolute Gasteiger partial charge is 0.278 e. The van der Waals surface area contributed by atoms with Gasteiger partial charge in [0.15, 0.2) is 0 Å². The molecule has 64 valence electrons. The Bertz CT molecular complexity index is 442. The molecule has 2 aromatic rings. The zero-order chi connectivity index (χ0) is 7.84. The maximum absolute atomic E-state index is 11.1. The van der Waals surface area contributed by atoms with Gasteiger partial charge in [0, 0.05) is 11.8 Å². The number of aromatic amines is 1. The van der Waals surface area contributed by atoms with E-state index in [2.05, 4.69) is 15.1 Å². The van der Waals surface area contributed by atoms with Crippen molar-refractivity contribution >= 4 is 5.78 Å². The maximum atomic E-state index is 11.1. The average Bonchev–Trinajstić information content (AvgIpc) is 2.34. The number of hydrogen-bond acceptors (Lipinski definition) is 3. The third-order valence-corrected chi connectivity index (χ3v) is 1.40. The second kappa shape index (κ2) is 2.77. The lowest BCUT2D eigenvalue weighted by atomic mass is 10.5. The van der Waals surface area contributed by atoms with Gasteiger partial charge >= 0.3 is 0 Å². The highest BCUT2D eigenvalue weighted by atomic mass is 16.1. The first-order valence-corrected chi connectivity index (χ1v) is 3.17. The van der Waals surface area contributed by atoms with E-state index in [9.17, 15) is 4.79 Å². The van der Waals surface area contributed by atoms with Crippen molar-refractivity contribution in [1.82, 2.24) is 19.6 Å². The predicted molar refractivity (Wildman–Crippen MR) is 45.1 cm³/mol. The normalized spacial score (nSPS) is 9.75. The van der Waals surface area contributed by atoms with Crippen LogP contribution in [0.15, 0.2) is 17.2 Å². The summed E-state index contributed by atoms with van der Waals surface area (Å²) in [5.74, 6) is 0.412. The highest BCUT2D eigenvalue weighted by Crippen LogP contribution is 1.89. The lowest BCUT2D eigenvalue weighted by Gasteiger charge is -1.90. The van der Waals surface area contributed by atoms with E-state index in [1.54, 1.807) is 6.92 Å². The summed E-state index contributed by atoms with van der Waals surface area (Å²) in [4.78, 5) is 19.0. The average molecular weight is 166 g/mol. The molecule has 2 heterocycles. The highest BCUT2D eigenvalue weighted by Gasteiger charge is 1.98. The number of nitrogens with zero attached hydrogens (tertiary/aromatic N) is 3. The standard InChI is InChI=1S/C6H6N4O.CH4/c1-4-2-5(11)10-6(9-4)7-3-8-10;/h2-3H,1H3,(H,7,8,9);1H4. The van der Waals surface area contributed by atoms with Crippen molar-refractivity contribution in [2.75, 3.05) is 0 Å². The Morgan fingerprint density at radius 2 is 2.33 bits per heavy atom. The van der Waals surface area contributed by atoms with Crippen LogP contribution in [-0.2, 0) is 0 Å². The Morgan fingerprint density at radius 3 is 3.08 bits per heavy atom. The van der Waals surface area contributed by atoms with Gasteiger partial charge in [0.2, 0.25) is 0 Å². The van der Waals surface area contributed by atoms with Crippen molar-refractivity contribution in [2.24, 2.45) is 0 Å². The molecule has 0 amide bonds. The predicted octanol–water partition coefficient (Wildman–Crippen LogP) is 0.362. The summed E-state index contributed by atoms with van der Waals surface area (Å²) >= 11 is 0. The van der Waals surface area contributed by atoms with Gasteiger partial charge in [0.05, 0.1) is 0 Å². The number of aromatic nitrogens is 4. The summed E-state index contributed by atoms with van der Waals surface area (Å²) in [7, 11) is 0. The summed E-state index contributed by atoms with van der Waals surface area (Å²) in [6.45, 7) is 1.76. The quantitative estimate of drug-likeness (QED) is 0.614. The summed E-state index contributed by atoms with van der Waals surface area (Å²) in [5, 5.41) is 2.65. The molecule has 0 spiro atoms. The van der Waals surface area contributed by atoms with Gasteiger partial charge in [-0.15, -0.1) is 0 Å². The molecule has 0 saturated heterocycles. The van der Waals surface area contributed by atoms with Gasteiger partial charge in [-0.05, 0) is 6.92 Å². The minimum absolute atomic E-state index is 0. The van der Waals surface area contributed by atoms with Crippen LogP contribution in [0.1, 0.15) is 13.1 Å². The molecule has 0 unspecified atom stereocenters. The van der Waals surface area contributed by atoms with Gasteiger partial charge in [0.25, 0.3) is 11.3 Å². The molecule has 0 fully saturated rings. The summed E-state index contributed by atoms with van der Waals surface area (Å²) in [5.41, 5.74) is 0.548. The molecule has 0 aliphatic carbocycles. The van der Waals surface area contributed by atoms with Gasteiger partial charge in [-0.3, -0.25) is 9.89 Å². The molecule has 0 aliphatic rings. The minimum Gasteiger partial charge on any atom is -0.278 e. The van der Waals surface area contributed by atoms with Crippen LogP contribution in [0.25, 0.3) is 5.78 Å². The van der Waals surface area contributed by atoms with Crippen LogP contribution in [0, 0.1) is 6.92 Å². The molecular weight excluding hydrogens is 156 g/mol. The smallest absolute Gasteiger partial charge is 0.274 e. The van der Waals surface area contributed by atoms with Crippen LogP contribution in [0.5, 0.6) is 0 Å². The fraction of sp³-hybridized carbons (Fsp3) is 0.286. The number of fused-ring (bicyclic) bond motifs is 1. The third-order valence-electron chi connectivity index (χ3n) is 1.40. The Kier molecular flexibility index (Phi) is 1.95. The Balaban J connectivity index is 0.000000720. The first-order valence-electron chi connectivity index (χ1n) is 3.17. The summed E-state index contributed by atoms with van der Waals surface area (Å²) in [6.07, 6.45) is 1.43. The number of hydrogen-bond donors (Lipinski definition) is 1. The van der Waals surface area contributed by atoms with Crippen molar-refractivity contribution < 1.29 is 0 Å². The Labute approximate surface area is 69.1 Å². The first-order chi connectivity index (χ1) is 5.27. The molecule has 0 radical (unpaired) electrons. The Hall–Kier alpha value is -1.65. The molecule has 1 N–H and O–H groups in total. The fourth-order valence-electron chi connectivity index (χ4n) is 0.934. The molecular formula is C7H10N4O. The van der Waals surface area contributed by atoms with Gasteiger partial charge < -0.3 is 0 Å². The lowest BCUT2D eigenvalue weighted by Crippen LogP contribution is -2.14. The molecule has 5 heteroatoms. The van der Waals surface area contributed by atoms with Crippen molar-refractivity contribution in [3.05, 3.63) is 28.4 Å². The van der Waals surface area contributed by atoms with Crippen molar-refractivity contribution in [1.29, 1.82) is 0 Å². The molecule has 2 aromatic heterocycles. The lowest BCUT2D eigenvalue weighted by molar-refractivity contribution is 0.889. The SMILES string of the molecule is C.Cc1cc(=O)n2[nH]cnc2n1. The molecule has 0 aromatic carbocycles. The van der Waals surface area contributed by atoms with Crippen LogP contribution < -0.4 is 5.56 Å². The van der Waals surface area contributed by atoms with Crippen LogP contribution in [0.4, 0.5) is 0 Å². The van der Waals surface area contributed by atoms with Crippen LogP contribution >= 0.6 is 0 Å². The third kappa shape index (κ3) is 1.09. The van der Waals surface area contributed by atoms with Gasteiger partial charge in [-0.25, -0.2) is 9.97 Å². The second-order valence-electron chi connectivity index (χ2n) is 2.26. The number of H-pyrrole nitrogens is 1. The number of nitrogens with one attached hydrogen (secondary N) is 1. The van der Waals surface area contributed by atoms with E-state index < -0.39 is 0 Å². The zero-order valence-corrected chi connectivity index (χ0v) is 5.90. The van der Waals surface area contributed by atoms with Crippen molar-refractivity contribution in [3.63, 3.8) is 0 Å². The topological polar surface area (TPSA) is 63.0 Å².